The van der Waals surface area contributed by atoms with Gasteiger partial charge in [0.05, 0.1) is 4.90 Å². The van der Waals surface area contributed by atoms with Crippen LogP contribution in [0.4, 0.5) is 0 Å². The molecule has 2 aromatic carbocycles. The summed E-state index contributed by atoms with van der Waals surface area (Å²) in [6.07, 6.45) is 0.673. The summed E-state index contributed by atoms with van der Waals surface area (Å²) in [6, 6.07) is 16.4. The van der Waals surface area contributed by atoms with Crippen molar-refractivity contribution in [3.05, 3.63) is 65.7 Å². The predicted molar refractivity (Wildman–Crippen MR) is 81.1 cm³/mol. The van der Waals surface area contributed by atoms with Crippen molar-refractivity contribution < 1.29 is 8.42 Å². The molecule has 4 heteroatoms. The molecule has 0 radical (unpaired) electrons. The molecule has 0 aliphatic heterocycles. The summed E-state index contributed by atoms with van der Waals surface area (Å²) in [7, 11) is -3.44. The molecule has 1 N–H and O–H groups in total. The zero-order valence-corrected chi connectivity index (χ0v) is 12.5. The van der Waals surface area contributed by atoms with Gasteiger partial charge in [0.2, 0.25) is 10.0 Å². The average Bonchev–Trinajstić information content (AvgIpc) is 2.42. The fourth-order valence-corrected chi connectivity index (χ4v) is 3.32. The lowest BCUT2D eigenvalue weighted by Gasteiger charge is -2.14. The Bertz CT molecular complexity index is 649. The quantitative estimate of drug-likeness (QED) is 0.920. The zero-order valence-electron chi connectivity index (χ0n) is 11.7. The lowest BCUT2D eigenvalue weighted by molar-refractivity contribution is 0.560. The van der Waals surface area contributed by atoms with Gasteiger partial charge in [-0.3, -0.25) is 0 Å². The van der Waals surface area contributed by atoms with Gasteiger partial charge in [-0.1, -0.05) is 48.0 Å². The van der Waals surface area contributed by atoms with Crippen molar-refractivity contribution in [1.29, 1.82) is 0 Å². The highest BCUT2D eigenvalue weighted by atomic mass is 32.2. The van der Waals surface area contributed by atoms with Crippen LogP contribution in [0, 0.1) is 6.92 Å². The first-order chi connectivity index (χ1) is 9.47. The zero-order chi connectivity index (χ0) is 14.6. The molecule has 0 fully saturated rings. The van der Waals surface area contributed by atoms with E-state index in [4.69, 9.17) is 0 Å². The molecular weight excluding hydrogens is 270 g/mol. The van der Waals surface area contributed by atoms with Gasteiger partial charge in [0.25, 0.3) is 0 Å². The Labute approximate surface area is 120 Å². The molecule has 2 rings (SSSR count). The van der Waals surface area contributed by atoms with Gasteiger partial charge in [-0.2, -0.15) is 0 Å². The van der Waals surface area contributed by atoms with Gasteiger partial charge in [-0.25, -0.2) is 13.1 Å². The Balaban J connectivity index is 2.04. The Hall–Kier alpha value is -1.65. The molecule has 20 heavy (non-hydrogen) atoms. The summed E-state index contributed by atoms with van der Waals surface area (Å²) in [5, 5.41) is 0. The number of hydrogen-bond donors (Lipinski definition) is 1. The number of hydrogen-bond acceptors (Lipinski definition) is 2. The molecule has 2 aromatic rings. The summed E-state index contributed by atoms with van der Waals surface area (Å²) in [5.41, 5.74) is 2.32. The van der Waals surface area contributed by atoms with E-state index in [9.17, 15) is 8.42 Å². The molecule has 0 bridgehead atoms. The van der Waals surface area contributed by atoms with Crippen molar-refractivity contribution in [2.45, 2.75) is 31.2 Å². The summed E-state index contributed by atoms with van der Waals surface area (Å²) in [5.74, 6) is 0. The summed E-state index contributed by atoms with van der Waals surface area (Å²) in [4.78, 5) is 0.302. The maximum Gasteiger partial charge on any atom is 0.240 e. The van der Waals surface area contributed by atoms with Crippen molar-refractivity contribution in [2.75, 3.05) is 0 Å². The van der Waals surface area contributed by atoms with E-state index >= 15 is 0 Å². The molecule has 0 heterocycles. The summed E-state index contributed by atoms with van der Waals surface area (Å²) in [6.45, 7) is 3.91. The molecule has 1 unspecified atom stereocenters. The van der Waals surface area contributed by atoms with E-state index < -0.39 is 10.0 Å². The minimum Gasteiger partial charge on any atom is -0.208 e. The van der Waals surface area contributed by atoms with Gasteiger partial charge in [-0.15, -0.1) is 0 Å². The van der Waals surface area contributed by atoms with Crippen LogP contribution in [0.25, 0.3) is 0 Å². The molecule has 3 nitrogen and oxygen atoms in total. The van der Waals surface area contributed by atoms with Gasteiger partial charge in [-0.05, 0) is 38.0 Å². The Morgan fingerprint density at radius 3 is 2.20 bits per heavy atom. The highest BCUT2D eigenvalue weighted by Gasteiger charge is 2.16. The van der Waals surface area contributed by atoms with Gasteiger partial charge < -0.3 is 0 Å². The van der Waals surface area contributed by atoms with Gasteiger partial charge >= 0.3 is 0 Å². The fraction of sp³-hybridized carbons (Fsp3) is 0.250. The van der Waals surface area contributed by atoms with Crippen LogP contribution in [0.15, 0.2) is 59.5 Å². The van der Waals surface area contributed by atoms with Crippen LogP contribution >= 0.6 is 0 Å². The molecule has 0 aliphatic carbocycles. The van der Waals surface area contributed by atoms with E-state index in [1.54, 1.807) is 30.3 Å². The molecule has 1 atom stereocenters. The second-order valence-corrected chi connectivity index (χ2v) is 6.74. The van der Waals surface area contributed by atoms with Crippen molar-refractivity contribution >= 4 is 10.0 Å². The molecular formula is C16H19NO2S. The minimum atomic E-state index is -3.44. The van der Waals surface area contributed by atoms with Crippen LogP contribution in [0.5, 0.6) is 0 Å². The second-order valence-electron chi connectivity index (χ2n) is 5.03. The van der Waals surface area contributed by atoms with Crippen LogP contribution in [0.1, 0.15) is 18.1 Å². The van der Waals surface area contributed by atoms with E-state index in [0.717, 1.165) is 5.56 Å². The molecule has 0 amide bonds. The average molecular weight is 289 g/mol. The van der Waals surface area contributed by atoms with E-state index in [2.05, 4.69) is 4.72 Å². The Morgan fingerprint density at radius 1 is 1.00 bits per heavy atom. The SMILES string of the molecule is Cc1ccc(CC(C)NS(=O)(=O)c2ccccc2)cc1. The molecule has 0 saturated heterocycles. The van der Waals surface area contributed by atoms with Crippen LogP contribution in [-0.4, -0.2) is 14.5 Å². The van der Waals surface area contributed by atoms with Crippen LogP contribution in [-0.2, 0) is 16.4 Å². The third kappa shape index (κ3) is 3.92. The standard InChI is InChI=1S/C16H19NO2S/c1-13-8-10-15(11-9-13)12-14(2)17-20(18,19)16-6-4-3-5-7-16/h3-11,14,17H,12H2,1-2H3. The summed E-state index contributed by atoms with van der Waals surface area (Å²) < 4.78 is 27.1. The lowest BCUT2D eigenvalue weighted by atomic mass is 10.1. The maximum absolute atomic E-state index is 12.2. The Kier molecular flexibility index (Phi) is 4.57. The third-order valence-electron chi connectivity index (χ3n) is 3.07. The fourth-order valence-electron chi connectivity index (χ4n) is 2.05. The van der Waals surface area contributed by atoms with E-state index in [0.29, 0.717) is 11.3 Å². The van der Waals surface area contributed by atoms with Crippen LogP contribution in [0.2, 0.25) is 0 Å². The van der Waals surface area contributed by atoms with Crippen LogP contribution in [0.3, 0.4) is 0 Å². The number of benzene rings is 2. The number of nitrogens with one attached hydrogen (secondary N) is 1. The molecule has 0 aliphatic rings. The lowest BCUT2D eigenvalue weighted by Crippen LogP contribution is -2.34. The largest absolute Gasteiger partial charge is 0.240 e. The molecule has 0 aromatic heterocycles. The van der Waals surface area contributed by atoms with E-state index in [1.807, 2.05) is 38.1 Å². The monoisotopic (exact) mass is 289 g/mol. The summed E-state index contributed by atoms with van der Waals surface area (Å²) >= 11 is 0. The Morgan fingerprint density at radius 2 is 1.60 bits per heavy atom. The smallest absolute Gasteiger partial charge is 0.208 e. The topological polar surface area (TPSA) is 46.2 Å². The second kappa shape index (κ2) is 6.20. The molecule has 0 spiro atoms. The number of rotatable bonds is 5. The van der Waals surface area contributed by atoms with Gasteiger partial charge in [0.1, 0.15) is 0 Å². The first kappa shape index (κ1) is 14.8. The van der Waals surface area contributed by atoms with Gasteiger partial charge in [0, 0.05) is 6.04 Å². The highest BCUT2D eigenvalue weighted by Crippen LogP contribution is 2.11. The van der Waals surface area contributed by atoms with Crippen molar-refractivity contribution in [2.24, 2.45) is 0 Å². The van der Waals surface area contributed by atoms with E-state index in [-0.39, 0.29) is 6.04 Å². The first-order valence-electron chi connectivity index (χ1n) is 6.60. The van der Waals surface area contributed by atoms with Crippen LogP contribution < -0.4 is 4.72 Å². The van der Waals surface area contributed by atoms with Crippen molar-refractivity contribution in [1.82, 2.24) is 4.72 Å². The normalized spacial score (nSPS) is 13.1. The highest BCUT2D eigenvalue weighted by molar-refractivity contribution is 7.89. The predicted octanol–water partition coefficient (Wildman–Crippen LogP) is 2.90. The van der Waals surface area contributed by atoms with E-state index in [1.165, 1.54) is 5.56 Å². The van der Waals surface area contributed by atoms with Gasteiger partial charge in [0.15, 0.2) is 0 Å². The first-order valence-corrected chi connectivity index (χ1v) is 8.08. The number of aryl methyl sites for hydroxylation is 1. The number of sulfonamides is 1. The minimum absolute atomic E-state index is 0.150. The molecule has 106 valence electrons. The molecule has 0 saturated carbocycles. The maximum atomic E-state index is 12.2. The third-order valence-corrected chi connectivity index (χ3v) is 4.68. The van der Waals surface area contributed by atoms with Crippen molar-refractivity contribution in [3.8, 4) is 0 Å². The van der Waals surface area contributed by atoms with Crippen molar-refractivity contribution in [3.63, 3.8) is 0 Å².